The Hall–Kier alpha value is -1.34. The second-order valence-corrected chi connectivity index (χ2v) is 6.78. The van der Waals surface area contributed by atoms with Crippen LogP contribution in [0.25, 0.3) is 10.2 Å². The van der Waals surface area contributed by atoms with Crippen LogP contribution in [0, 0.1) is 6.92 Å². The fourth-order valence-corrected chi connectivity index (χ4v) is 4.22. The number of aromatic carboxylic acids is 1. The van der Waals surface area contributed by atoms with Gasteiger partial charge in [0.25, 0.3) is 0 Å². The van der Waals surface area contributed by atoms with E-state index >= 15 is 0 Å². The number of anilines is 1. The monoisotopic (exact) mass is 325 g/mol. The van der Waals surface area contributed by atoms with Gasteiger partial charge >= 0.3 is 5.97 Å². The van der Waals surface area contributed by atoms with E-state index in [2.05, 4.69) is 28.0 Å². The van der Waals surface area contributed by atoms with E-state index in [0.717, 1.165) is 33.8 Å². The van der Waals surface area contributed by atoms with Crippen molar-refractivity contribution in [3.8, 4) is 0 Å². The van der Waals surface area contributed by atoms with Gasteiger partial charge in [-0.1, -0.05) is 6.92 Å². The molecule has 1 atom stereocenters. The van der Waals surface area contributed by atoms with Crippen LogP contribution in [-0.2, 0) is 0 Å². The lowest BCUT2D eigenvalue weighted by Gasteiger charge is -2.28. The molecule has 1 unspecified atom stereocenters. The molecule has 7 heteroatoms. The van der Waals surface area contributed by atoms with Crippen LogP contribution in [0.15, 0.2) is 6.33 Å². The van der Waals surface area contributed by atoms with Crippen LogP contribution in [-0.4, -0.2) is 46.1 Å². The minimum Gasteiger partial charge on any atom is -0.477 e. The van der Waals surface area contributed by atoms with E-state index in [1.165, 1.54) is 17.7 Å². The van der Waals surface area contributed by atoms with E-state index in [1.807, 2.05) is 14.0 Å². The number of hydrogen-bond donors (Lipinski definition) is 1. The Morgan fingerprint density at radius 3 is 2.81 bits per heavy atom. The van der Waals surface area contributed by atoms with Crippen molar-refractivity contribution in [2.24, 2.45) is 0 Å². The van der Waals surface area contributed by atoms with Crippen LogP contribution in [0.2, 0.25) is 0 Å². The number of hydrogen-bond acceptors (Lipinski definition) is 6. The summed E-state index contributed by atoms with van der Waals surface area (Å²) in [5.74, 6) is 0.926. The van der Waals surface area contributed by atoms with Crippen LogP contribution in [0.5, 0.6) is 0 Å². The van der Waals surface area contributed by atoms with Gasteiger partial charge < -0.3 is 10.0 Å². The van der Waals surface area contributed by atoms with Crippen molar-refractivity contribution in [3.05, 3.63) is 16.8 Å². The first-order valence-electron chi connectivity index (χ1n) is 6.70. The van der Waals surface area contributed by atoms with Crippen LogP contribution in [0.4, 0.5) is 5.82 Å². The molecule has 0 aromatic carbocycles. The topological polar surface area (TPSA) is 66.3 Å². The molecule has 5 nitrogen and oxygen atoms in total. The average Bonchev–Trinajstić information content (AvgIpc) is 2.81. The molecule has 2 aromatic rings. The quantitative estimate of drug-likeness (QED) is 0.879. The SMILES string of the molecule is CCC(CSC)N(C)c1ncnc2sc(C(=O)O)c(C)c12. The van der Waals surface area contributed by atoms with E-state index in [9.17, 15) is 9.90 Å². The van der Waals surface area contributed by atoms with E-state index < -0.39 is 5.97 Å². The molecule has 0 aliphatic heterocycles. The maximum Gasteiger partial charge on any atom is 0.346 e. The Morgan fingerprint density at radius 2 is 2.24 bits per heavy atom. The summed E-state index contributed by atoms with van der Waals surface area (Å²) in [6, 6.07) is 0.366. The first-order valence-corrected chi connectivity index (χ1v) is 8.91. The fourth-order valence-electron chi connectivity index (χ4n) is 2.39. The van der Waals surface area contributed by atoms with Crippen molar-refractivity contribution >= 4 is 45.1 Å². The Morgan fingerprint density at radius 1 is 1.52 bits per heavy atom. The number of thioether (sulfide) groups is 1. The fraction of sp³-hybridized carbons (Fsp3) is 0.500. The molecular weight excluding hydrogens is 306 g/mol. The van der Waals surface area contributed by atoms with Gasteiger partial charge in [0, 0.05) is 18.8 Å². The lowest BCUT2D eigenvalue weighted by Crippen LogP contribution is -2.34. The van der Waals surface area contributed by atoms with Crippen LogP contribution < -0.4 is 4.90 Å². The number of nitrogens with zero attached hydrogens (tertiary/aromatic N) is 3. The number of fused-ring (bicyclic) bond motifs is 1. The lowest BCUT2D eigenvalue weighted by molar-refractivity contribution is 0.0701. The van der Waals surface area contributed by atoms with E-state index in [-0.39, 0.29) is 0 Å². The zero-order valence-corrected chi connectivity index (χ0v) is 14.2. The van der Waals surface area contributed by atoms with Gasteiger partial charge in [0.1, 0.15) is 21.9 Å². The predicted molar refractivity (Wildman–Crippen MR) is 90.0 cm³/mol. The van der Waals surface area contributed by atoms with Crippen molar-refractivity contribution < 1.29 is 9.90 Å². The third-order valence-corrected chi connectivity index (χ3v) is 5.52. The van der Waals surface area contributed by atoms with Crippen molar-refractivity contribution in [1.29, 1.82) is 0 Å². The second kappa shape index (κ2) is 6.62. The summed E-state index contributed by atoms with van der Waals surface area (Å²) in [6.07, 6.45) is 4.61. The van der Waals surface area contributed by atoms with Crippen LogP contribution >= 0.6 is 23.1 Å². The van der Waals surface area contributed by atoms with E-state index in [1.54, 1.807) is 11.8 Å². The molecular formula is C14H19N3O2S2. The maximum atomic E-state index is 11.3. The zero-order valence-electron chi connectivity index (χ0n) is 12.6. The molecule has 0 saturated heterocycles. The minimum atomic E-state index is -0.903. The summed E-state index contributed by atoms with van der Waals surface area (Å²) < 4.78 is 0. The largest absolute Gasteiger partial charge is 0.477 e. The molecule has 1 N–H and O–H groups in total. The van der Waals surface area contributed by atoms with E-state index in [4.69, 9.17) is 0 Å². The van der Waals surface area contributed by atoms with Crippen LogP contribution in [0.1, 0.15) is 28.6 Å². The van der Waals surface area contributed by atoms with Gasteiger partial charge in [0.15, 0.2) is 0 Å². The molecule has 2 rings (SSSR count). The lowest BCUT2D eigenvalue weighted by atomic mass is 10.1. The van der Waals surface area contributed by atoms with Gasteiger partial charge in [0.2, 0.25) is 0 Å². The molecule has 0 spiro atoms. The van der Waals surface area contributed by atoms with Crippen molar-refractivity contribution in [1.82, 2.24) is 9.97 Å². The van der Waals surface area contributed by atoms with Gasteiger partial charge in [-0.05, 0) is 25.2 Å². The first-order chi connectivity index (χ1) is 10.0. The van der Waals surface area contributed by atoms with Gasteiger partial charge in [-0.3, -0.25) is 0 Å². The Labute approximate surface area is 132 Å². The average molecular weight is 325 g/mol. The van der Waals surface area contributed by atoms with Crippen LogP contribution in [0.3, 0.4) is 0 Å². The summed E-state index contributed by atoms with van der Waals surface area (Å²) in [5, 5.41) is 10.1. The normalized spacial score (nSPS) is 12.6. The number of thiophene rings is 1. The standard InChI is InChI=1S/C14H19N3O2S2/c1-5-9(6-20-4)17(3)12-10-8(2)11(14(18)19)21-13(10)16-7-15-12/h7,9H,5-6H2,1-4H3,(H,18,19). The summed E-state index contributed by atoms with van der Waals surface area (Å²) in [6.45, 7) is 3.98. The molecule has 0 amide bonds. The highest BCUT2D eigenvalue weighted by atomic mass is 32.2. The number of carboxylic acid groups (broad SMARTS) is 1. The summed E-state index contributed by atoms with van der Waals surface area (Å²) >= 11 is 3.01. The molecule has 0 saturated carbocycles. The highest BCUT2D eigenvalue weighted by Gasteiger charge is 2.22. The van der Waals surface area contributed by atoms with Gasteiger partial charge in [-0.2, -0.15) is 11.8 Å². The molecule has 2 heterocycles. The third-order valence-electron chi connectivity index (χ3n) is 3.61. The maximum absolute atomic E-state index is 11.3. The molecule has 0 aliphatic carbocycles. The molecule has 0 fully saturated rings. The smallest absolute Gasteiger partial charge is 0.346 e. The number of carboxylic acids is 1. The molecule has 0 aliphatic rings. The molecule has 0 radical (unpaired) electrons. The number of aryl methyl sites for hydroxylation is 1. The molecule has 0 bridgehead atoms. The number of carbonyl (C=O) groups is 1. The highest BCUT2D eigenvalue weighted by Crippen LogP contribution is 2.35. The van der Waals surface area contributed by atoms with E-state index in [0.29, 0.717) is 10.9 Å². The summed E-state index contributed by atoms with van der Waals surface area (Å²) in [7, 11) is 2.02. The molecule has 114 valence electrons. The third kappa shape index (κ3) is 2.98. The summed E-state index contributed by atoms with van der Waals surface area (Å²) in [4.78, 5) is 23.2. The van der Waals surface area contributed by atoms with Crippen molar-refractivity contribution in [3.63, 3.8) is 0 Å². The molecule has 21 heavy (non-hydrogen) atoms. The predicted octanol–water partition coefficient (Wildman–Crippen LogP) is 3.28. The van der Waals surface area contributed by atoms with Gasteiger partial charge in [-0.25, -0.2) is 14.8 Å². The Bertz CT molecular complexity index is 657. The zero-order chi connectivity index (χ0) is 15.6. The van der Waals surface area contributed by atoms with Gasteiger partial charge in [0.05, 0.1) is 5.39 Å². The number of aromatic nitrogens is 2. The second-order valence-electron chi connectivity index (χ2n) is 4.87. The number of rotatable bonds is 6. The highest BCUT2D eigenvalue weighted by molar-refractivity contribution is 7.98. The van der Waals surface area contributed by atoms with Crippen molar-refractivity contribution in [2.75, 3.05) is 24.0 Å². The van der Waals surface area contributed by atoms with Gasteiger partial charge in [-0.15, -0.1) is 11.3 Å². The first kappa shape index (κ1) is 16.0. The Balaban J connectivity index is 2.56. The summed E-state index contributed by atoms with van der Waals surface area (Å²) in [5.41, 5.74) is 0.754. The van der Waals surface area contributed by atoms with Crippen molar-refractivity contribution in [2.45, 2.75) is 26.3 Å². The minimum absolute atomic E-state index is 0.345. The Kier molecular flexibility index (Phi) is 5.05. The molecule has 2 aromatic heterocycles.